The van der Waals surface area contributed by atoms with Gasteiger partial charge in [-0.25, -0.2) is 0 Å². The van der Waals surface area contributed by atoms with Crippen molar-refractivity contribution in [1.29, 1.82) is 0 Å². The van der Waals surface area contributed by atoms with E-state index < -0.39 is 0 Å². The number of guanidine groups is 1. The number of aromatic nitrogens is 3. The highest BCUT2D eigenvalue weighted by Gasteiger charge is 2.09. The maximum absolute atomic E-state index is 5.26. The van der Waals surface area contributed by atoms with Gasteiger partial charge < -0.3 is 15.2 Å². The third-order valence-corrected chi connectivity index (χ3v) is 4.22. The Bertz CT molecular complexity index is 668. The molecule has 148 valence electrons. The van der Waals surface area contributed by atoms with Gasteiger partial charge in [-0.05, 0) is 24.5 Å². The Kier molecular flexibility index (Phi) is 9.30. The van der Waals surface area contributed by atoms with Gasteiger partial charge in [-0.3, -0.25) is 9.98 Å². The second-order valence-corrected chi connectivity index (χ2v) is 7.00. The van der Waals surface area contributed by atoms with E-state index in [9.17, 15) is 0 Å². The SMILES string of the molecule is CN=C(NCCCCCCC(C)C)NCCc1noc(-c2ccccn2)n1. The Balaban J connectivity index is 1.60. The van der Waals surface area contributed by atoms with Gasteiger partial charge in [0.2, 0.25) is 0 Å². The largest absolute Gasteiger partial charge is 0.356 e. The molecule has 0 aliphatic carbocycles. The fourth-order valence-corrected chi connectivity index (χ4v) is 2.70. The zero-order chi connectivity index (χ0) is 19.3. The molecule has 0 radical (unpaired) electrons. The number of rotatable bonds is 11. The van der Waals surface area contributed by atoms with E-state index in [2.05, 4.69) is 44.6 Å². The van der Waals surface area contributed by atoms with E-state index in [1.54, 1.807) is 13.2 Å². The van der Waals surface area contributed by atoms with Crippen molar-refractivity contribution >= 4 is 5.96 Å². The maximum Gasteiger partial charge on any atom is 0.276 e. The molecular weight excluding hydrogens is 340 g/mol. The van der Waals surface area contributed by atoms with E-state index in [4.69, 9.17) is 4.52 Å². The maximum atomic E-state index is 5.26. The van der Waals surface area contributed by atoms with E-state index in [1.165, 1.54) is 25.7 Å². The average Bonchev–Trinajstić information content (AvgIpc) is 3.15. The molecule has 0 atom stereocenters. The molecule has 0 aliphatic heterocycles. The fraction of sp³-hybridized carbons (Fsp3) is 0.600. The first-order valence-electron chi connectivity index (χ1n) is 9.87. The van der Waals surface area contributed by atoms with E-state index in [1.807, 2.05) is 18.2 Å². The van der Waals surface area contributed by atoms with Gasteiger partial charge >= 0.3 is 0 Å². The van der Waals surface area contributed by atoms with Gasteiger partial charge in [0.25, 0.3) is 5.89 Å². The van der Waals surface area contributed by atoms with Gasteiger partial charge in [0.05, 0.1) is 0 Å². The summed E-state index contributed by atoms with van der Waals surface area (Å²) in [6.45, 7) is 6.19. The summed E-state index contributed by atoms with van der Waals surface area (Å²) in [7, 11) is 1.78. The number of hydrogen-bond donors (Lipinski definition) is 2. The first-order chi connectivity index (χ1) is 13.2. The van der Waals surface area contributed by atoms with Crippen molar-refractivity contribution in [3.8, 4) is 11.6 Å². The van der Waals surface area contributed by atoms with Crippen LogP contribution in [0.15, 0.2) is 33.9 Å². The fourth-order valence-electron chi connectivity index (χ4n) is 2.70. The molecule has 0 amide bonds. The zero-order valence-corrected chi connectivity index (χ0v) is 16.7. The molecule has 0 spiro atoms. The molecule has 0 aromatic carbocycles. The van der Waals surface area contributed by atoms with Crippen LogP contribution in [0.2, 0.25) is 0 Å². The van der Waals surface area contributed by atoms with E-state index in [0.29, 0.717) is 30.4 Å². The molecule has 0 unspecified atom stereocenters. The Hall–Kier alpha value is -2.44. The molecule has 0 aliphatic rings. The molecule has 7 nitrogen and oxygen atoms in total. The highest BCUT2D eigenvalue weighted by molar-refractivity contribution is 5.79. The second-order valence-electron chi connectivity index (χ2n) is 7.00. The van der Waals surface area contributed by atoms with Gasteiger partial charge in [0, 0.05) is 32.8 Å². The molecule has 27 heavy (non-hydrogen) atoms. The molecule has 7 heteroatoms. The van der Waals surface area contributed by atoms with Crippen LogP contribution in [0, 0.1) is 5.92 Å². The molecule has 2 heterocycles. The minimum atomic E-state index is 0.450. The molecule has 0 saturated heterocycles. The third kappa shape index (κ3) is 8.19. The Morgan fingerprint density at radius 3 is 2.67 bits per heavy atom. The van der Waals surface area contributed by atoms with Crippen LogP contribution < -0.4 is 10.6 Å². The molecule has 0 fully saturated rings. The van der Waals surface area contributed by atoms with Gasteiger partial charge in [-0.1, -0.05) is 50.8 Å². The lowest BCUT2D eigenvalue weighted by Gasteiger charge is -2.11. The normalized spacial score (nSPS) is 11.8. The van der Waals surface area contributed by atoms with Crippen LogP contribution >= 0.6 is 0 Å². The second kappa shape index (κ2) is 12.0. The average molecular weight is 373 g/mol. The van der Waals surface area contributed by atoms with Crippen molar-refractivity contribution in [2.75, 3.05) is 20.1 Å². The zero-order valence-electron chi connectivity index (χ0n) is 16.7. The van der Waals surface area contributed by atoms with Crippen molar-refractivity contribution in [3.63, 3.8) is 0 Å². The minimum absolute atomic E-state index is 0.450. The smallest absolute Gasteiger partial charge is 0.276 e. The van der Waals surface area contributed by atoms with Crippen molar-refractivity contribution < 1.29 is 4.52 Å². The summed E-state index contributed by atoms with van der Waals surface area (Å²) in [6, 6.07) is 5.60. The summed E-state index contributed by atoms with van der Waals surface area (Å²) in [5.41, 5.74) is 0.690. The Labute approximate surface area is 162 Å². The van der Waals surface area contributed by atoms with E-state index in [-0.39, 0.29) is 0 Å². The van der Waals surface area contributed by atoms with Crippen LogP contribution in [0.1, 0.15) is 51.8 Å². The quantitative estimate of drug-likeness (QED) is 0.357. The summed E-state index contributed by atoms with van der Waals surface area (Å²) in [5.74, 6) is 2.73. The lowest BCUT2D eigenvalue weighted by atomic mass is 10.0. The topological polar surface area (TPSA) is 88.2 Å². The first kappa shape index (κ1) is 20.9. The summed E-state index contributed by atoms with van der Waals surface area (Å²) in [6.07, 6.45) is 8.76. The Morgan fingerprint density at radius 1 is 1.11 bits per heavy atom. The van der Waals surface area contributed by atoms with Crippen molar-refractivity contribution in [1.82, 2.24) is 25.8 Å². The summed E-state index contributed by atoms with van der Waals surface area (Å²) in [5, 5.41) is 10.6. The predicted octanol–water partition coefficient (Wildman–Crippen LogP) is 3.45. The lowest BCUT2D eigenvalue weighted by Crippen LogP contribution is -2.38. The molecule has 0 bridgehead atoms. The lowest BCUT2D eigenvalue weighted by molar-refractivity contribution is 0.421. The summed E-state index contributed by atoms with van der Waals surface area (Å²) < 4.78 is 5.26. The third-order valence-electron chi connectivity index (χ3n) is 4.22. The molecular formula is C20H32N6O. The van der Waals surface area contributed by atoms with Gasteiger partial charge in [-0.15, -0.1) is 0 Å². The standard InChI is InChI=1S/C20H32N6O/c1-16(2)10-6-4-5-8-14-23-20(21-3)24-15-12-18-25-19(27-26-18)17-11-7-9-13-22-17/h7,9,11,13,16H,4-6,8,10,12,14-15H2,1-3H3,(H2,21,23,24). The predicted molar refractivity (Wildman–Crippen MR) is 109 cm³/mol. The molecule has 2 N–H and O–H groups in total. The van der Waals surface area contributed by atoms with Crippen LogP contribution in [0.25, 0.3) is 11.6 Å². The van der Waals surface area contributed by atoms with Crippen molar-refractivity contribution in [3.05, 3.63) is 30.2 Å². The van der Waals surface area contributed by atoms with Crippen molar-refractivity contribution in [2.24, 2.45) is 10.9 Å². The minimum Gasteiger partial charge on any atom is -0.356 e. The van der Waals surface area contributed by atoms with E-state index >= 15 is 0 Å². The molecule has 2 rings (SSSR count). The van der Waals surface area contributed by atoms with Gasteiger partial charge in [0.1, 0.15) is 5.69 Å². The molecule has 2 aromatic heterocycles. The number of hydrogen-bond acceptors (Lipinski definition) is 5. The number of pyridine rings is 1. The first-order valence-corrected chi connectivity index (χ1v) is 9.87. The Morgan fingerprint density at radius 2 is 1.93 bits per heavy atom. The van der Waals surface area contributed by atoms with Crippen molar-refractivity contribution in [2.45, 2.75) is 52.4 Å². The van der Waals surface area contributed by atoms with Crippen LogP contribution in [0.3, 0.4) is 0 Å². The van der Waals surface area contributed by atoms with Crippen LogP contribution in [0.4, 0.5) is 0 Å². The summed E-state index contributed by atoms with van der Waals surface area (Å²) >= 11 is 0. The van der Waals surface area contributed by atoms with Crippen LogP contribution in [-0.4, -0.2) is 41.2 Å². The number of nitrogens with one attached hydrogen (secondary N) is 2. The van der Waals surface area contributed by atoms with Crippen LogP contribution in [-0.2, 0) is 6.42 Å². The molecule has 2 aromatic rings. The highest BCUT2D eigenvalue weighted by Crippen LogP contribution is 2.13. The summed E-state index contributed by atoms with van der Waals surface area (Å²) in [4.78, 5) is 12.8. The van der Waals surface area contributed by atoms with Gasteiger partial charge in [-0.2, -0.15) is 4.98 Å². The number of unbranched alkanes of at least 4 members (excludes halogenated alkanes) is 3. The molecule has 0 saturated carbocycles. The number of nitrogens with zero attached hydrogens (tertiary/aromatic N) is 4. The van der Waals surface area contributed by atoms with Gasteiger partial charge in [0.15, 0.2) is 11.8 Å². The number of aliphatic imine (C=N–C) groups is 1. The monoisotopic (exact) mass is 372 g/mol. The highest BCUT2D eigenvalue weighted by atomic mass is 16.5. The van der Waals surface area contributed by atoms with Crippen LogP contribution in [0.5, 0.6) is 0 Å². The van der Waals surface area contributed by atoms with E-state index in [0.717, 1.165) is 24.8 Å².